The monoisotopic (exact) mass is 290 g/mol. The number of anilines is 1. The van der Waals surface area contributed by atoms with Gasteiger partial charge in [0.05, 0.1) is 6.61 Å². The summed E-state index contributed by atoms with van der Waals surface area (Å²) in [6.07, 6.45) is 0. The lowest BCUT2D eigenvalue weighted by atomic mass is 10.1. The van der Waals surface area contributed by atoms with E-state index in [9.17, 15) is 14.4 Å². The fourth-order valence-electron chi connectivity index (χ4n) is 2.40. The fraction of sp³-hybridized carbons (Fsp3) is 0.400. The topological polar surface area (TPSA) is 75.7 Å². The van der Waals surface area contributed by atoms with Crippen LogP contribution in [0.3, 0.4) is 0 Å². The van der Waals surface area contributed by atoms with Crippen LogP contribution in [0.1, 0.15) is 32.4 Å². The number of nitrogens with zero attached hydrogens (tertiary/aromatic N) is 1. The van der Waals surface area contributed by atoms with Gasteiger partial charge >= 0.3 is 11.9 Å². The molecular formula is C15H18N2O4. The van der Waals surface area contributed by atoms with Gasteiger partial charge in [0.15, 0.2) is 0 Å². The maximum atomic E-state index is 12.5. The van der Waals surface area contributed by atoms with E-state index < -0.39 is 17.9 Å². The van der Waals surface area contributed by atoms with Crippen LogP contribution in [0.25, 0.3) is 0 Å². The number of amides is 2. The van der Waals surface area contributed by atoms with E-state index in [1.54, 1.807) is 24.0 Å². The van der Waals surface area contributed by atoms with Crippen molar-refractivity contribution >= 4 is 23.5 Å². The first-order valence-corrected chi connectivity index (χ1v) is 6.87. The Kier molecular flexibility index (Phi) is 4.26. The summed E-state index contributed by atoms with van der Waals surface area (Å²) in [6.45, 7) is 5.51. The van der Waals surface area contributed by atoms with Crippen molar-refractivity contribution in [3.63, 3.8) is 0 Å². The SMILES string of the molecule is CCOC(=O)C(=O)N[C@@H]1C(=O)N(C(C)C)c2ccccc21. The van der Waals surface area contributed by atoms with Gasteiger partial charge in [0.2, 0.25) is 0 Å². The van der Waals surface area contributed by atoms with Gasteiger partial charge in [-0.1, -0.05) is 18.2 Å². The first-order valence-electron chi connectivity index (χ1n) is 6.87. The van der Waals surface area contributed by atoms with Crippen LogP contribution in [0.2, 0.25) is 0 Å². The van der Waals surface area contributed by atoms with Gasteiger partial charge in [0, 0.05) is 17.3 Å². The van der Waals surface area contributed by atoms with Crippen LogP contribution in [-0.2, 0) is 19.1 Å². The van der Waals surface area contributed by atoms with Crippen molar-refractivity contribution < 1.29 is 19.1 Å². The molecule has 2 rings (SSSR count). The summed E-state index contributed by atoms with van der Waals surface area (Å²) in [7, 11) is 0. The van der Waals surface area contributed by atoms with Gasteiger partial charge in [0.1, 0.15) is 6.04 Å². The lowest BCUT2D eigenvalue weighted by Gasteiger charge is -2.22. The molecule has 1 aromatic rings. The molecule has 0 aliphatic carbocycles. The molecule has 1 N–H and O–H groups in total. The van der Waals surface area contributed by atoms with Crippen molar-refractivity contribution in [3.05, 3.63) is 29.8 Å². The molecule has 6 heteroatoms. The third kappa shape index (κ3) is 2.74. The number of para-hydroxylation sites is 1. The van der Waals surface area contributed by atoms with Crippen molar-refractivity contribution in [2.24, 2.45) is 0 Å². The average Bonchev–Trinajstić information content (AvgIpc) is 2.72. The highest BCUT2D eigenvalue weighted by Gasteiger charge is 2.40. The first kappa shape index (κ1) is 15.0. The number of carbonyl (C=O) groups is 3. The van der Waals surface area contributed by atoms with Crippen molar-refractivity contribution in [3.8, 4) is 0 Å². The number of hydrogen-bond acceptors (Lipinski definition) is 4. The molecule has 2 amide bonds. The van der Waals surface area contributed by atoms with Gasteiger partial charge in [-0.2, -0.15) is 0 Å². The minimum Gasteiger partial charge on any atom is -0.459 e. The number of fused-ring (bicyclic) bond motifs is 1. The minimum atomic E-state index is -0.981. The zero-order valence-electron chi connectivity index (χ0n) is 12.3. The lowest BCUT2D eigenvalue weighted by molar-refractivity contribution is -0.155. The molecule has 0 fully saturated rings. The molecule has 0 aromatic heterocycles. The molecular weight excluding hydrogens is 272 g/mol. The Morgan fingerprint density at radius 1 is 1.33 bits per heavy atom. The number of hydrogen-bond donors (Lipinski definition) is 1. The van der Waals surface area contributed by atoms with Crippen molar-refractivity contribution in [2.75, 3.05) is 11.5 Å². The Morgan fingerprint density at radius 2 is 2.00 bits per heavy atom. The Labute approximate surface area is 123 Å². The maximum absolute atomic E-state index is 12.5. The van der Waals surface area contributed by atoms with E-state index in [1.165, 1.54) is 0 Å². The van der Waals surface area contributed by atoms with Crippen LogP contribution in [0.5, 0.6) is 0 Å². The molecule has 1 atom stereocenters. The molecule has 1 heterocycles. The van der Waals surface area contributed by atoms with E-state index in [1.807, 2.05) is 26.0 Å². The predicted molar refractivity (Wildman–Crippen MR) is 76.6 cm³/mol. The van der Waals surface area contributed by atoms with Gasteiger partial charge in [0.25, 0.3) is 5.91 Å². The zero-order chi connectivity index (χ0) is 15.6. The summed E-state index contributed by atoms with van der Waals surface area (Å²) in [4.78, 5) is 37.3. The molecule has 112 valence electrons. The second-order valence-corrected chi connectivity index (χ2v) is 4.99. The molecule has 0 radical (unpaired) electrons. The molecule has 0 saturated heterocycles. The molecule has 1 aliphatic heterocycles. The van der Waals surface area contributed by atoms with Crippen LogP contribution in [0, 0.1) is 0 Å². The number of rotatable bonds is 3. The molecule has 0 unspecified atom stereocenters. The summed E-state index contributed by atoms with van der Waals surface area (Å²) < 4.78 is 4.64. The average molecular weight is 290 g/mol. The highest BCUT2D eigenvalue weighted by Crippen LogP contribution is 2.36. The second kappa shape index (κ2) is 5.95. The van der Waals surface area contributed by atoms with E-state index in [0.717, 1.165) is 5.69 Å². The minimum absolute atomic E-state index is 0.0388. The number of carbonyl (C=O) groups excluding carboxylic acids is 3. The Morgan fingerprint density at radius 3 is 2.62 bits per heavy atom. The molecule has 0 spiro atoms. The van der Waals surface area contributed by atoms with E-state index >= 15 is 0 Å². The zero-order valence-corrected chi connectivity index (χ0v) is 12.3. The molecule has 0 bridgehead atoms. The first-order chi connectivity index (χ1) is 9.97. The van der Waals surface area contributed by atoms with E-state index in [0.29, 0.717) is 5.56 Å². The number of esters is 1. The molecule has 0 saturated carbocycles. The molecule has 1 aliphatic rings. The summed E-state index contributed by atoms with van der Waals surface area (Å²) in [5, 5.41) is 2.45. The highest BCUT2D eigenvalue weighted by molar-refractivity contribution is 6.33. The normalized spacial score (nSPS) is 16.9. The van der Waals surface area contributed by atoms with E-state index in [2.05, 4.69) is 10.1 Å². The van der Waals surface area contributed by atoms with Crippen molar-refractivity contribution in [1.82, 2.24) is 5.32 Å². The summed E-state index contributed by atoms with van der Waals surface area (Å²) >= 11 is 0. The standard InChI is InChI=1S/C15H18N2O4/c1-4-21-15(20)13(18)16-12-10-7-5-6-8-11(10)17(9(2)3)14(12)19/h5-9,12H,4H2,1-3H3,(H,16,18)/t12-/m0/s1. The van der Waals surface area contributed by atoms with E-state index in [-0.39, 0.29) is 18.6 Å². The third-order valence-electron chi connectivity index (χ3n) is 3.24. The largest absolute Gasteiger partial charge is 0.459 e. The Balaban J connectivity index is 2.27. The molecule has 1 aromatic carbocycles. The van der Waals surface area contributed by atoms with Crippen LogP contribution in [-0.4, -0.2) is 30.4 Å². The maximum Gasteiger partial charge on any atom is 0.396 e. The van der Waals surface area contributed by atoms with Gasteiger partial charge in [-0.05, 0) is 26.8 Å². The summed E-state index contributed by atoms with van der Waals surface area (Å²) in [6, 6.07) is 6.33. The Hall–Kier alpha value is -2.37. The lowest BCUT2D eigenvalue weighted by Crippen LogP contribution is -2.42. The smallest absolute Gasteiger partial charge is 0.396 e. The van der Waals surface area contributed by atoms with Gasteiger partial charge in [-0.15, -0.1) is 0 Å². The third-order valence-corrected chi connectivity index (χ3v) is 3.24. The number of benzene rings is 1. The van der Waals surface area contributed by atoms with Crippen LogP contribution in [0.4, 0.5) is 5.69 Å². The number of nitrogens with one attached hydrogen (secondary N) is 1. The highest BCUT2D eigenvalue weighted by atomic mass is 16.5. The van der Waals surface area contributed by atoms with Crippen LogP contribution < -0.4 is 10.2 Å². The predicted octanol–water partition coefficient (Wildman–Crippen LogP) is 1.16. The van der Waals surface area contributed by atoms with Crippen molar-refractivity contribution in [2.45, 2.75) is 32.9 Å². The quantitative estimate of drug-likeness (QED) is 0.669. The van der Waals surface area contributed by atoms with Crippen molar-refractivity contribution in [1.29, 1.82) is 0 Å². The van der Waals surface area contributed by atoms with E-state index in [4.69, 9.17) is 0 Å². The van der Waals surface area contributed by atoms with Gasteiger partial charge < -0.3 is 15.0 Å². The Bertz CT molecular complexity index is 583. The molecule has 21 heavy (non-hydrogen) atoms. The molecule has 6 nitrogen and oxygen atoms in total. The van der Waals surface area contributed by atoms with Crippen LogP contribution in [0.15, 0.2) is 24.3 Å². The van der Waals surface area contributed by atoms with Crippen LogP contribution >= 0.6 is 0 Å². The fourth-order valence-corrected chi connectivity index (χ4v) is 2.40. The second-order valence-electron chi connectivity index (χ2n) is 4.99. The summed E-state index contributed by atoms with van der Waals surface area (Å²) in [5.41, 5.74) is 1.44. The number of ether oxygens (including phenoxy) is 1. The van der Waals surface area contributed by atoms with Gasteiger partial charge in [-0.25, -0.2) is 4.79 Å². The van der Waals surface area contributed by atoms with Gasteiger partial charge in [-0.3, -0.25) is 9.59 Å². The summed E-state index contributed by atoms with van der Waals surface area (Å²) in [5.74, 6) is -2.13.